The monoisotopic (exact) mass is 1400 g/mol. The fraction of sp³-hybridized carbons (Fsp3) is 0. The van der Waals surface area contributed by atoms with E-state index < -0.39 is 0 Å². The van der Waals surface area contributed by atoms with E-state index in [9.17, 15) is 0 Å². The van der Waals surface area contributed by atoms with Gasteiger partial charge in [0.05, 0.1) is 26.5 Å². The van der Waals surface area contributed by atoms with Crippen LogP contribution < -0.4 is 9.80 Å². The molecule has 0 atom stereocenters. The molecule has 5 nitrogen and oxygen atoms in total. The van der Waals surface area contributed by atoms with E-state index in [1.54, 1.807) is 0 Å². The van der Waals surface area contributed by atoms with E-state index in [0.29, 0.717) is 0 Å². The van der Waals surface area contributed by atoms with Gasteiger partial charge in [-0.3, -0.25) is 0 Å². The molecule has 0 radical (unpaired) electrons. The molecule has 0 aliphatic carbocycles. The van der Waals surface area contributed by atoms with Gasteiger partial charge in [-0.05, 0) is 176 Å². The number of hydrogen-bond donors (Lipinski definition) is 0. The van der Waals surface area contributed by atoms with Crippen LogP contribution in [0.3, 0.4) is 0 Å². The summed E-state index contributed by atoms with van der Waals surface area (Å²) >= 11 is 5.52. The number of rotatable bonds is 10. The standard InChI is InChI=1S/C98H56N2O3S3/c1-2-17-57(18-3-1)69-23-6-9-32-82(69)100(67-45-39-58(40-46-67)70-26-13-28-74-72-24-7-10-35-85(72)101-93(70)74)84-34-16-31-79-92-90(106-98(79)84)50-48-76-81-54-64-38-37-63(51-65(64)56-87(81)103-95(76)92)60-21-12-22-68(52-60)99(66-43-41-59(42-44-66)71-27-14-29-77-73-25-8-11-36-88(73)104-96(71)77)83-33-15-30-78-91-89(105-97(78)83)49-47-75-80-53-61-19-4-5-20-62(61)55-86(80)102-94(75)91/h1-56H. The van der Waals surface area contributed by atoms with Gasteiger partial charge in [0.15, 0.2) is 0 Å². The van der Waals surface area contributed by atoms with Crippen molar-refractivity contribution in [2.75, 3.05) is 9.80 Å². The number of para-hydroxylation sites is 3. The predicted octanol–water partition coefficient (Wildman–Crippen LogP) is 30.4. The summed E-state index contributed by atoms with van der Waals surface area (Å²) < 4.78 is 28.1. The van der Waals surface area contributed by atoms with E-state index in [4.69, 9.17) is 13.3 Å². The van der Waals surface area contributed by atoms with E-state index in [-0.39, 0.29) is 0 Å². The number of benzene rings is 17. The fourth-order valence-corrected chi connectivity index (χ4v) is 20.5. The third-order valence-electron chi connectivity index (χ3n) is 21.8. The maximum Gasteiger partial charge on any atom is 0.144 e. The van der Waals surface area contributed by atoms with Crippen molar-refractivity contribution in [3.63, 3.8) is 0 Å². The third-order valence-corrected chi connectivity index (χ3v) is 25.4. The van der Waals surface area contributed by atoms with Crippen LogP contribution >= 0.6 is 34.0 Å². The number of hydrogen-bond acceptors (Lipinski definition) is 8. The summed E-state index contributed by atoms with van der Waals surface area (Å²) in [7, 11) is 0. The first kappa shape index (κ1) is 59.4. The van der Waals surface area contributed by atoms with Crippen LogP contribution in [0.2, 0.25) is 0 Å². The summed E-state index contributed by atoms with van der Waals surface area (Å²) in [4.78, 5) is 4.89. The van der Waals surface area contributed by atoms with Gasteiger partial charge in [0.2, 0.25) is 0 Å². The van der Waals surface area contributed by atoms with Crippen molar-refractivity contribution < 1.29 is 13.3 Å². The molecule has 23 rings (SSSR count). The van der Waals surface area contributed by atoms with Gasteiger partial charge in [0.1, 0.15) is 33.5 Å². The summed E-state index contributed by atoms with van der Waals surface area (Å²) in [5.41, 5.74) is 20.9. The molecule has 0 amide bonds. The second-order valence-corrected chi connectivity index (χ2v) is 30.9. The first-order chi connectivity index (χ1) is 52.5. The zero-order chi connectivity index (χ0) is 69.2. The summed E-state index contributed by atoms with van der Waals surface area (Å²) in [5, 5.41) is 18.5. The normalized spacial score (nSPS) is 12.2. The van der Waals surface area contributed by atoms with Crippen molar-refractivity contribution in [3.05, 3.63) is 340 Å². The molecule has 17 aromatic carbocycles. The van der Waals surface area contributed by atoms with Gasteiger partial charge in [-0.25, -0.2) is 0 Å². The minimum Gasteiger partial charge on any atom is -0.455 e. The zero-order valence-electron chi connectivity index (χ0n) is 56.7. The van der Waals surface area contributed by atoms with Gasteiger partial charge in [0.25, 0.3) is 0 Å². The molecule has 6 aromatic heterocycles. The Morgan fingerprint density at radius 2 is 0.679 bits per heavy atom. The SMILES string of the molecule is c1ccc(-c2ccccc2N(c2ccc(-c3cccc4c3oc3ccccc34)cc2)c2cccc3c2sc2ccc4c5cc6ccc(-c7cccc(N(c8ccc(-c9cccc%10c9sc9ccccc9%10)cc8)c8cccc9c8sc8ccc%10c%11cc%12ccccc%12cc%11oc%10c89)c7)cc6cc5oc4c23)cc1. The Balaban J connectivity index is 0.640. The lowest BCUT2D eigenvalue weighted by Gasteiger charge is -2.28. The van der Waals surface area contributed by atoms with Crippen LogP contribution in [0, 0.1) is 0 Å². The minimum atomic E-state index is 0.858. The molecule has 0 saturated heterocycles. The highest BCUT2D eigenvalue weighted by Gasteiger charge is 2.27. The lowest BCUT2D eigenvalue weighted by Crippen LogP contribution is -2.11. The Labute approximate surface area is 618 Å². The predicted molar refractivity (Wildman–Crippen MR) is 453 cm³/mol. The Bertz CT molecular complexity index is 7600. The number of anilines is 6. The third kappa shape index (κ3) is 9.12. The summed E-state index contributed by atoms with van der Waals surface area (Å²) in [6.45, 7) is 0. The zero-order valence-corrected chi connectivity index (χ0v) is 59.1. The van der Waals surface area contributed by atoms with Crippen LogP contribution in [0.4, 0.5) is 34.1 Å². The Hall–Kier alpha value is -13.1. The largest absolute Gasteiger partial charge is 0.455 e. The quantitative estimate of drug-likeness (QED) is 0.137. The second kappa shape index (κ2) is 23.2. The topological polar surface area (TPSA) is 45.9 Å². The maximum absolute atomic E-state index is 7.24. The van der Waals surface area contributed by atoms with Crippen LogP contribution in [-0.2, 0) is 0 Å². The van der Waals surface area contributed by atoms with Gasteiger partial charge in [0, 0.05) is 112 Å². The summed E-state index contributed by atoms with van der Waals surface area (Å²) in [6.07, 6.45) is 0. The highest BCUT2D eigenvalue weighted by molar-refractivity contribution is 7.27. The van der Waals surface area contributed by atoms with E-state index in [1.165, 1.54) is 66.3 Å². The molecule has 0 N–H and O–H groups in total. The van der Waals surface area contributed by atoms with Crippen molar-refractivity contribution in [1.82, 2.24) is 0 Å². The molecule has 0 bridgehead atoms. The van der Waals surface area contributed by atoms with E-state index >= 15 is 0 Å². The Kier molecular flexibility index (Phi) is 13.0. The van der Waals surface area contributed by atoms with Crippen LogP contribution in [-0.4, -0.2) is 0 Å². The van der Waals surface area contributed by atoms with E-state index in [1.807, 2.05) is 46.1 Å². The molecule has 23 aromatic rings. The van der Waals surface area contributed by atoms with E-state index in [2.05, 4.69) is 337 Å². The van der Waals surface area contributed by atoms with Crippen LogP contribution in [0.25, 0.3) is 192 Å². The molecule has 8 heteroatoms. The number of furan rings is 3. The molecule has 0 fully saturated rings. The molecule has 0 saturated carbocycles. The van der Waals surface area contributed by atoms with Crippen molar-refractivity contribution in [2.24, 2.45) is 0 Å². The van der Waals surface area contributed by atoms with Crippen molar-refractivity contribution in [1.29, 1.82) is 0 Å². The van der Waals surface area contributed by atoms with Crippen molar-refractivity contribution in [2.45, 2.75) is 0 Å². The average molecular weight is 1410 g/mol. The molecule has 106 heavy (non-hydrogen) atoms. The molecule has 0 spiro atoms. The molecule has 0 aliphatic rings. The van der Waals surface area contributed by atoms with Gasteiger partial charge in [-0.1, -0.05) is 218 Å². The van der Waals surface area contributed by atoms with Gasteiger partial charge < -0.3 is 23.1 Å². The average Bonchev–Trinajstić information content (AvgIpc) is 1.57. The van der Waals surface area contributed by atoms with Gasteiger partial charge >= 0.3 is 0 Å². The Morgan fingerprint density at radius 1 is 0.208 bits per heavy atom. The van der Waals surface area contributed by atoms with Crippen LogP contribution in [0.15, 0.2) is 353 Å². The van der Waals surface area contributed by atoms with Gasteiger partial charge in [-0.15, -0.1) is 34.0 Å². The molecule has 6 heterocycles. The molecule has 494 valence electrons. The minimum absolute atomic E-state index is 0.858. The highest BCUT2D eigenvalue weighted by Crippen LogP contribution is 2.53. The summed E-state index contributed by atoms with van der Waals surface area (Å²) in [5.74, 6) is 0. The summed E-state index contributed by atoms with van der Waals surface area (Å²) in [6, 6.07) is 124. The van der Waals surface area contributed by atoms with Gasteiger partial charge in [-0.2, -0.15) is 0 Å². The lowest BCUT2D eigenvalue weighted by atomic mass is 9.98. The van der Waals surface area contributed by atoms with E-state index in [0.717, 1.165) is 160 Å². The Morgan fingerprint density at radius 3 is 1.42 bits per heavy atom. The second-order valence-electron chi connectivity index (χ2n) is 27.7. The maximum atomic E-state index is 7.24. The highest BCUT2D eigenvalue weighted by atomic mass is 32.1. The van der Waals surface area contributed by atoms with Crippen LogP contribution in [0.5, 0.6) is 0 Å². The van der Waals surface area contributed by atoms with Crippen molar-refractivity contribution >= 4 is 216 Å². The lowest BCUT2D eigenvalue weighted by molar-refractivity contribution is 0.670. The molecule has 0 unspecified atom stereocenters. The number of nitrogens with zero attached hydrogens (tertiary/aromatic N) is 2. The number of fused-ring (bicyclic) bond motifs is 22. The first-order valence-electron chi connectivity index (χ1n) is 35.8. The molecular weight excluding hydrogens is 1350 g/mol. The smallest absolute Gasteiger partial charge is 0.144 e. The fourth-order valence-electron chi connectivity index (χ4n) is 16.9. The molecule has 0 aliphatic heterocycles. The van der Waals surface area contributed by atoms with Crippen LogP contribution in [0.1, 0.15) is 0 Å². The first-order valence-corrected chi connectivity index (χ1v) is 38.3. The molecular formula is C98H56N2O3S3. The number of thiophene rings is 3. The van der Waals surface area contributed by atoms with Crippen molar-refractivity contribution in [3.8, 4) is 44.5 Å².